The summed E-state index contributed by atoms with van der Waals surface area (Å²) >= 11 is 6.55. The van der Waals surface area contributed by atoms with E-state index in [4.69, 9.17) is 20.9 Å². The maximum absolute atomic E-state index is 11.8. The largest absolute Gasteiger partial charge is 0.481 e. The number of aromatic nitrogens is 2. The zero-order valence-corrected chi connectivity index (χ0v) is 21.3. The summed E-state index contributed by atoms with van der Waals surface area (Å²) in [7, 11) is 1.56. The van der Waals surface area contributed by atoms with Gasteiger partial charge in [-0.3, -0.25) is 9.69 Å². The zero-order valence-electron chi connectivity index (χ0n) is 20.6. The zero-order chi connectivity index (χ0) is 25.8. The van der Waals surface area contributed by atoms with Crippen LogP contribution in [0.5, 0.6) is 0 Å². The highest BCUT2D eigenvalue weighted by Gasteiger charge is 2.41. The predicted molar refractivity (Wildman–Crippen MR) is 142 cm³/mol. The van der Waals surface area contributed by atoms with Gasteiger partial charge < -0.3 is 14.4 Å². The molecule has 1 aliphatic heterocycles. The van der Waals surface area contributed by atoms with Gasteiger partial charge in [0.1, 0.15) is 0 Å². The smallest absolute Gasteiger partial charge is 0.312 e. The number of rotatable bonds is 8. The SMILES string of the molecule is COCC1(C(=O)O)CCN(Cc2ccc(-c3noc(-c4ccc(-c5ccccc5)c(Cl)c4)n3)cc2)CC1. The van der Waals surface area contributed by atoms with Crippen LogP contribution in [0.4, 0.5) is 0 Å². The Morgan fingerprint density at radius 1 is 1.03 bits per heavy atom. The molecule has 190 valence electrons. The fourth-order valence-corrected chi connectivity index (χ4v) is 5.10. The molecule has 0 aliphatic carbocycles. The summed E-state index contributed by atoms with van der Waals surface area (Å²) in [5, 5.41) is 14.4. The Hall–Kier alpha value is -3.52. The van der Waals surface area contributed by atoms with Crippen LogP contribution in [0, 0.1) is 5.41 Å². The number of aliphatic carboxylic acids is 1. The van der Waals surface area contributed by atoms with E-state index in [1.54, 1.807) is 7.11 Å². The number of carboxylic acid groups (broad SMARTS) is 1. The number of halogens is 1. The summed E-state index contributed by atoms with van der Waals surface area (Å²) in [6, 6.07) is 23.8. The van der Waals surface area contributed by atoms with Gasteiger partial charge in [-0.25, -0.2) is 0 Å². The molecule has 0 atom stereocenters. The molecule has 0 radical (unpaired) electrons. The van der Waals surface area contributed by atoms with E-state index in [9.17, 15) is 9.90 Å². The van der Waals surface area contributed by atoms with Crippen LogP contribution in [-0.2, 0) is 16.1 Å². The Morgan fingerprint density at radius 2 is 1.73 bits per heavy atom. The number of methoxy groups -OCH3 is 1. The number of piperidine rings is 1. The molecular weight excluding hydrogens is 490 g/mol. The highest BCUT2D eigenvalue weighted by atomic mass is 35.5. The molecule has 0 bridgehead atoms. The second-order valence-electron chi connectivity index (χ2n) is 9.48. The molecule has 1 aromatic heterocycles. The highest BCUT2D eigenvalue weighted by Crippen LogP contribution is 2.34. The Kier molecular flexibility index (Phi) is 7.37. The molecule has 0 unspecified atom stereocenters. The van der Waals surface area contributed by atoms with Crippen LogP contribution in [0.2, 0.25) is 5.02 Å². The maximum Gasteiger partial charge on any atom is 0.312 e. The molecule has 4 aromatic rings. The Balaban J connectivity index is 1.24. The van der Waals surface area contributed by atoms with E-state index in [1.165, 1.54) is 0 Å². The molecule has 0 amide bonds. The molecule has 8 heteroatoms. The van der Waals surface area contributed by atoms with Crippen molar-refractivity contribution in [2.45, 2.75) is 19.4 Å². The Labute approximate surface area is 220 Å². The van der Waals surface area contributed by atoms with Gasteiger partial charge in [-0.15, -0.1) is 0 Å². The number of ether oxygens (including phenoxy) is 1. The molecule has 1 aliphatic rings. The number of carbonyl (C=O) groups is 1. The quantitative estimate of drug-likeness (QED) is 0.305. The first-order chi connectivity index (χ1) is 18.0. The molecule has 7 nitrogen and oxygen atoms in total. The topological polar surface area (TPSA) is 88.7 Å². The van der Waals surface area contributed by atoms with Gasteiger partial charge in [-0.05, 0) is 49.2 Å². The van der Waals surface area contributed by atoms with E-state index >= 15 is 0 Å². The maximum atomic E-state index is 11.8. The second-order valence-corrected chi connectivity index (χ2v) is 9.88. The first-order valence-corrected chi connectivity index (χ1v) is 12.6. The number of nitrogens with zero attached hydrogens (tertiary/aromatic N) is 3. The number of hydrogen-bond donors (Lipinski definition) is 1. The lowest BCUT2D eigenvalue weighted by atomic mass is 9.79. The van der Waals surface area contributed by atoms with Gasteiger partial charge in [-0.1, -0.05) is 77.4 Å². The van der Waals surface area contributed by atoms with Crippen molar-refractivity contribution >= 4 is 17.6 Å². The lowest BCUT2D eigenvalue weighted by Gasteiger charge is -2.38. The van der Waals surface area contributed by atoms with E-state index < -0.39 is 11.4 Å². The van der Waals surface area contributed by atoms with Crippen LogP contribution < -0.4 is 0 Å². The average molecular weight is 518 g/mol. The number of carboxylic acids is 1. The lowest BCUT2D eigenvalue weighted by Crippen LogP contribution is -2.46. The third kappa shape index (κ3) is 5.44. The minimum absolute atomic E-state index is 0.251. The highest BCUT2D eigenvalue weighted by molar-refractivity contribution is 6.33. The summed E-state index contributed by atoms with van der Waals surface area (Å²) < 4.78 is 10.7. The van der Waals surface area contributed by atoms with Crippen LogP contribution in [0.25, 0.3) is 34.0 Å². The summed E-state index contributed by atoms with van der Waals surface area (Å²) in [6.07, 6.45) is 1.16. The summed E-state index contributed by atoms with van der Waals surface area (Å²) in [5.41, 5.74) is 3.97. The molecule has 1 N–H and O–H groups in total. The van der Waals surface area contributed by atoms with Crippen molar-refractivity contribution in [1.82, 2.24) is 15.0 Å². The van der Waals surface area contributed by atoms with Crippen molar-refractivity contribution in [1.29, 1.82) is 0 Å². The molecule has 0 spiro atoms. The van der Waals surface area contributed by atoms with Gasteiger partial charge in [0, 0.05) is 35.4 Å². The first kappa shape index (κ1) is 25.1. The molecule has 5 rings (SSSR count). The van der Waals surface area contributed by atoms with Gasteiger partial charge >= 0.3 is 5.97 Å². The fraction of sp³-hybridized carbons (Fsp3) is 0.276. The van der Waals surface area contributed by atoms with Gasteiger partial charge in [0.15, 0.2) is 0 Å². The Morgan fingerprint density at radius 3 is 2.38 bits per heavy atom. The second kappa shape index (κ2) is 10.8. The summed E-state index contributed by atoms with van der Waals surface area (Å²) in [6.45, 7) is 2.45. The van der Waals surface area contributed by atoms with E-state index in [-0.39, 0.29) is 6.61 Å². The van der Waals surface area contributed by atoms with Gasteiger partial charge in [0.2, 0.25) is 5.82 Å². The third-order valence-corrected chi connectivity index (χ3v) is 7.35. The van der Waals surface area contributed by atoms with Crippen molar-refractivity contribution < 1.29 is 19.2 Å². The van der Waals surface area contributed by atoms with Crippen LogP contribution in [0.3, 0.4) is 0 Å². The van der Waals surface area contributed by atoms with Crippen LogP contribution in [0.1, 0.15) is 18.4 Å². The predicted octanol–water partition coefficient (Wildman–Crippen LogP) is 6.04. The van der Waals surface area contributed by atoms with Crippen molar-refractivity contribution in [2.75, 3.05) is 26.8 Å². The summed E-state index contributed by atoms with van der Waals surface area (Å²) in [5.74, 6) is 0.146. The van der Waals surface area contributed by atoms with E-state index in [1.807, 2.05) is 72.8 Å². The molecule has 0 saturated carbocycles. The van der Waals surface area contributed by atoms with E-state index in [0.29, 0.717) is 29.6 Å². The standard InChI is InChI=1S/C29H28ClN3O4/c1-36-19-29(28(34)35)13-15-33(16-14-29)18-20-7-9-22(10-8-20)26-31-27(37-32-26)23-11-12-24(25(30)17-23)21-5-3-2-4-6-21/h2-12,17H,13-16,18-19H2,1H3,(H,34,35). The van der Waals surface area contributed by atoms with Crippen LogP contribution in [-0.4, -0.2) is 52.9 Å². The van der Waals surface area contributed by atoms with Gasteiger partial charge in [0.05, 0.1) is 12.0 Å². The molecule has 37 heavy (non-hydrogen) atoms. The van der Waals surface area contributed by atoms with Crippen LogP contribution in [0.15, 0.2) is 77.3 Å². The molecule has 2 heterocycles. The van der Waals surface area contributed by atoms with E-state index in [2.05, 4.69) is 15.0 Å². The number of likely N-dealkylation sites (tertiary alicyclic amines) is 1. The fourth-order valence-electron chi connectivity index (χ4n) is 4.81. The van der Waals surface area contributed by atoms with Crippen molar-refractivity contribution in [3.8, 4) is 34.0 Å². The number of hydrogen-bond acceptors (Lipinski definition) is 6. The molecule has 1 saturated heterocycles. The molecule has 1 fully saturated rings. The van der Waals surface area contributed by atoms with Crippen molar-refractivity contribution in [3.63, 3.8) is 0 Å². The van der Waals surface area contributed by atoms with Crippen LogP contribution >= 0.6 is 11.6 Å². The minimum atomic E-state index is -0.780. The monoisotopic (exact) mass is 517 g/mol. The average Bonchev–Trinajstić information content (AvgIpc) is 3.41. The van der Waals surface area contributed by atoms with Crippen molar-refractivity contribution in [2.24, 2.45) is 5.41 Å². The molecule has 3 aromatic carbocycles. The third-order valence-electron chi connectivity index (χ3n) is 7.03. The summed E-state index contributed by atoms with van der Waals surface area (Å²) in [4.78, 5) is 18.6. The van der Waals surface area contributed by atoms with E-state index in [0.717, 1.165) is 47.5 Å². The Bertz CT molecular complexity index is 1360. The van der Waals surface area contributed by atoms with Gasteiger partial charge in [0.25, 0.3) is 5.89 Å². The normalized spacial score (nSPS) is 15.5. The molecular formula is C29H28ClN3O4. The van der Waals surface area contributed by atoms with Crippen molar-refractivity contribution in [3.05, 3.63) is 83.4 Å². The first-order valence-electron chi connectivity index (χ1n) is 12.2. The van der Waals surface area contributed by atoms with Gasteiger partial charge in [-0.2, -0.15) is 4.98 Å². The number of benzene rings is 3. The lowest BCUT2D eigenvalue weighted by molar-refractivity contribution is -0.156. The minimum Gasteiger partial charge on any atom is -0.481 e.